The normalized spacial score (nSPS) is 37.1. The molecule has 20 heavy (non-hydrogen) atoms. The quantitative estimate of drug-likeness (QED) is 0.671. The summed E-state index contributed by atoms with van der Waals surface area (Å²) >= 11 is 0. The predicted octanol–water partition coefficient (Wildman–Crippen LogP) is -0.213. The average Bonchev–Trinajstić information content (AvgIpc) is 2.69. The van der Waals surface area contributed by atoms with E-state index in [4.69, 9.17) is 0 Å². The predicted molar refractivity (Wildman–Crippen MR) is 72.7 cm³/mol. The van der Waals surface area contributed by atoms with Crippen LogP contribution in [0.3, 0.4) is 0 Å². The Balaban J connectivity index is 1.88. The molecule has 7 heteroatoms. The third-order valence-corrected chi connectivity index (χ3v) is 6.69. The van der Waals surface area contributed by atoms with E-state index in [9.17, 15) is 18.0 Å². The maximum atomic E-state index is 12.6. The Bertz CT molecular complexity index is 559. The minimum Gasteiger partial charge on any atom is -0.329 e. The van der Waals surface area contributed by atoms with Crippen molar-refractivity contribution in [1.29, 1.82) is 0 Å². The highest BCUT2D eigenvalue weighted by Gasteiger charge is 2.50. The smallest absolute Gasteiger partial charge is 0.246 e. The van der Waals surface area contributed by atoms with Crippen LogP contribution >= 0.6 is 0 Å². The van der Waals surface area contributed by atoms with Crippen LogP contribution in [-0.2, 0) is 19.4 Å². The monoisotopic (exact) mass is 300 g/mol. The molecular weight excluding hydrogens is 280 g/mol. The molecule has 6 nitrogen and oxygen atoms in total. The fourth-order valence-corrected chi connectivity index (χ4v) is 5.78. The summed E-state index contributed by atoms with van der Waals surface area (Å²) < 4.78 is 23.5. The van der Waals surface area contributed by atoms with E-state index < -0.39 is 15.4 Å². The SMILES string of the molecule is CC1(N2CC(=O)N3CCCCC3C2=O)CCS(=O)(=O)C1. The Kier molecular flexibility index (Phi) is 3.08. The standard InChI is InChI=1S/C13H20N2O4S/c1-13(5-7-20(18,19)9-13)15-8-11(16)14-6-3-2-4-10(14)12(15)17/h10H,2-9H2,1H3. The number of fused-ring (bicyclic) bond motifs is 1. The zero-order valence-electron chi connectivity index (χ0n) is 11.7. The van der Waals surface area contributed by atoms with Gasteiger partial charge in [-0.2, -0.15) is 0 Å². The Labute approximate surface area is 119 Å². The summed E-state index contributed by atoms with van der Waals surface area (Å²) in [5.41, 5.74) is -0.713. The minimum atomic E-state index is -3.09. The molecule has 2 unspecified atom stereocenters. The second-order valence-electron chi connectivity index (χ2n) is 6.36. The molecule has 112 valence electrons. The van der Waals surface area contributed by atoms with Crippen molar-refractivity contribution in [2.45, 2.75) is 44.2 Å². The highest BCUT2D eigenvalue weighted by atomic mass is 32.2. The number of carbonyl (C=O) groups is 2. The lowest BCUT2D eigenvalue weighted by molar-refractivity contribution is -0.162. The van der Waals surface area contributed by atoms with Crippen LogP contribution in [0.1, 0.15) is 32.6 Å². The second kappa shape index (κ2) is 4.44. The molecule has 0 N–H and O–H groups in total. The van der Waals surface area contributed by atoms with Crippen LogP contribution in [0.5, 0.6) is 0 Å². The maximum Gasteiger partial charge on any atom is 0.246 e. The molecule has 0 radical (unpaired) electrons. The van der Waals surface area contributed by atoms with Crippen molar-refractivity contribution in [1.82, 2.24) is 9.80 Å². The van der Waals surface area contributed by atoms with E-state index in [0.717, 1.165) is 12.8 Å². The number of rotatable bonds is 1. The van der Waals surface area contributed by atoms with E-state index >= 15 is 0 Å². The molecule has 0 spiro atoms. The van der Waals surface area contributed by atoms with Gasteiger partial charge in [0.15, 0.2) is 9.84 Å². The van der Waals surface area contributed by atoms with Gasteiger partial charge in [-0.3, -0.25) is 9.59 Å². The van der Waals surface area contributed by atoms with Crippen LogP contribution in [-0.4, -0.2) is 66.2 Å². The highest BCUT2D eigenvalue weighted by Crippen LogP contribution is 2.34. The van der Waals surface area contributed by atoms with Gasteiger partial charge in [0.1, 0.15) is 12.6 Å². The zero-order valence-corrected chi connectivity index (χ0v) is 12.5. The maximum absolute atomic E-state index is 12.6. The van der Waals surface area contributed by atoms with Crippen molar-refractivity contribution in [2.75, 3.05) is 24.6 Å². The van der Waals surface area contributed by atoms with E-state index in [-0.39, 0.29) is 35.9 Å². The number of piperidine rings is 1. The fraction of sp³-hybridized carbons (Fsp3) is 0.846. The first-order valence-electron chi connectivity index (χ1n) is 7.14. The summed E-state index contributed by atoms with van der Waals surface area (Å²) in [4.78, 5) is 28.1. The molecule has 3 rings (SSSR count). The number of sulfone groups is 1. The lowest BCUT2D eigenvalue weighted by atomic mass is 9.92. The molecule has 0 saturated carbocycles. The van der Waals surface area contributed by atoms with E-state index in [2.05, 4.69) is 0 Å². The van der Waals surface area contributed by atoms with Crippen LogP contribution in [0.4, 0.5) is 0 Å². The van der Waals surface area contributed by atoms with Gasteiger partial charge in [-0.25, -0.2) is 8.42 Å². The number of nitrogens with zero attached hydrogens (tertiary/aromatic N) is 2. The van der Waals surface area contributed by atoms with E-state index in [1.165, 1.54) is 4.90 Å². The van der Waals surface area contributed by atoms with E-state index in [1.807, 2.05) is 0 Å². The summed E-state index contributed by atoms with van der Waals surface area (Å²) in [5.74, 6) is -0.0228. The van der Waals surface area contributed by atoms with Gasteiger partial charge in [0.2, 0.25) is 11.8 Å². The lowest BCUT2D eigenvalue weighted by Gasteiger charge is -2.48. The zero-order chi connectivity index (χ0) is 14.5. The molecular formula is C13H20N2O4S. The third-order valence-electron chi connectivity index (χ3n) is 4.80. The molecule has 0 aliphatic carbocycles. The van der Waals surface area contributed by atoms with Crippen LogP contribution in [0.25, 0.3) is 0 Å². The van der Waals surface area contributed by atoms with Gasteiger partial charge in [0.25, 0.3) is 0 Å². The van der Waals surface area contributed by atoms with Gasteiger partial charge in [0, 0.05) is 6.54 Å². The summed E-state index contributed by atoms with van der Waals surface area (Å²) in [5, 5.41) is 0. The number of hydrogen-bond acceptors (Lipinski definition) is 4. The fourth-order valence-electron chi connectivity index (χ4n) is 3.63. The molecule has 3 saturated heterocycles. The van der Waals surface area contributed by atoms with Crippen molar-refractivity contribution in [3.63, 3.8) is 0 Å². The summed E-state index contributed by atoms with van der Waals surface area (Å²) in [6, 6.07) is -0.370. The van der Waals surface area contributed by atoms with Crippen molar-refractivity contribution in [3.8, 4) is 0 Å². The van der Waals surface area contributed by atoms with Gasteiger partial charge < -0.3 is 9.80 Å². The Morgan fingerprint density at radius 3 is 2.65 bits per heavy atom. The molecule has 3 aliphatic heterocycles. The molecule has 3 heterocycles. The van der Waals surface area contributed by atoms with Gasteiger partial charge in [-0.1, -0.05) is 0 Å². The minimum absolute atomic E-state index is 0.0221. The van der Waals surface area contributed by atoms with Crippen LogP contribution in [0, 0.1) is 0 Å². The summed E-state index contributed by atoms with van der Waals surface area (Å²) in [6.07, 6.45) is 3.02. The van der Waals surface area contributed by atoms with Gasteiger partial charge >= 0.3 is 0 Å². The topological polar surface area (TPSA) is 74.8 Å². The molecule has 3 fully saturated rings. The van der Waals surface area contributed by atoms with Crippen LogP contribution < -0.4 is 0 Å². The number of amides is 2. The van der Waals surface area contributed by atoms with E-state index in [1.54, 1.807) is 11.8 Å². The number of hydrogen-bond donors (Lipinski definition) is 0. The number of carbonyl (C=O) groups excluding carboxylic acids is 2. The number of piperazine rings is 1. The highest BCUT2D eigenvalue weighted by molar-refractivity contribution is 7.91. The lowest BCUT2D eigenvalue weighted by Crippen LogP contribution is -2.66. The molecule has 3 aliphatic rings. The summed E-state index contributed by atoms with van der Waals surface area (Å²) in [7, 11) is -3.09. The van der Waals surface area contributed by atoms with Crippen molar-refractivity contribution in [2.24, 2.45) is 0 Å². The first-order chi connectivity index (χ1) is 9.32. The Morgan fingerprint density at radius 1 is 1.25 bits per heavy atom. The van der Waals surface area contributed by atoms with E-state index in [0.29, 0.717) is 19.4 Å². The molecule has 0 aromatic rings. The van der Waals surface area contributed by atoms with Crippen molar-refractivity contribution >= 4 is 21.7 Å². The molecule has 2 atom stereocenters. The second-order valence-corrected chi connectivity index (χ2v) is 8.55. The summed E-state index contributed by atoms with van der Waals surface area (Å²) in [6.45, 7) is 2.47. The van der Waals surface area contributed by atoms with Crippen LogP contribution in [0.15, 0.2) is 0 Å². The first kappa shape index (κ1) is 13.9. The average molecular weight is 300 g/mol. The van der Waals surface area contributed by atoms with Crippen molar-refractivity contribution < 1.29 is 18.0 Å². The van der Waals surface area contributed by atoms with Gasteiger partial charge in [-0.05, 0) is 32.6 Å². The Hall–Kier alpha value is -1.11. The molecule has 0 bridgehead atoms. The third kappa shape index (κ3) is 2.12. The molecule has 0 aromatic carbocycles. The molecule has 0 aromatic heterocycles. The largest absolute Gasteiger partial charge is 0.329 e. The molecule has 2 amide bonds. The van der Waals surface area contributed by atoms with Gasteiger partial charge in [0.05, 0.1) is 17.0 Å². The van der Waals surface area contributed by atoms with Crippen LogP contribution in [0.2, 0.25) is 0 Å². The van der Waals surface area contributed by atoms with Crippen molar-refractivity contribution in [3.05, 3.63) is 0 Å². The first-order valence-corrected chi connectivity index (χ1v) is 8.96. The van der Waals surface area contributed by atoms with Gasteiger partial charge in [-0.15, -0.1) is 0 Å². The Morgan fingerprint density at radius 2 is 2.00 bits per heavy atom.